The molecule has 1 N–H and O–H groups in total. The number of ether oxygens (including phenoxy) is 1. The highest BCUT2D eigenvalue weighted by molar-refractivity contribution is 6.41. The second-order valence-corrected chi connectivity index (χ2v) is 7.05. The lowest BCUT2D eigenvalue weighted by Gasteiger charge is -2.39. The summed E-state index contributed by atoms with van der Waals surface area (Å²) < 4.78 is 6.77. The van der Waals surface area contributed by atoms with E-state index >= 15 is 0 Å². The first-order valence-electron chi connectivity index (χ1n) is 6.88. The third kappa shape index (κ3) is 3.67. The minimum atomic E-state index is -0.526. The van der Waals surface area contributed by atoms with Gasteiger partial charge in [-0.2, -0.15) is 0 Å². The van der Waals surface area contributed by atoms with Crippen LogP contribution in [0.25, 0.3) is 0 Å². The molecule has 8 heteroatoms. The lowest BCUT2D eigenvalue weighted by atomic mass is 10.1. The van der Waals surface area contributed by atoms with Crippen LogP contribution < -0.4 is 5.32 Å². The molecule has 1 aliphatic rings. The minimum absolute atomic E-state index is 0.104. The van der Waals surface area contributed by atoms with E-state index in [1.165, 1.54) is 10.6 Å². The van der Waals surface area contributed by atoms with Crippen LogP contribution in [-0.4, -0.2) is 46.2 Å². The van der Waals surface area contributed by atoms with Gasteiger partial charge in [0, 0.05) is 20.1 Å². The molecule has 1 aliphatic heterocycles. The number of halogens is 2. The van der Waals surface area contributed by atoms with Gasteiger partial charge in [0.2, 0.25) is 0 Å². The van der Waals surface area contributed by atoms with Crippen LogP contribution in [0.4, 0.5) is 4.79 Å². The Bertz CT molecular complexity index is 601. The topological polar surface area (TPSA) is 63.6 Å². The Morgan fingerprint density at radius 1 is 1.32 bits per heavy atom. The van der Waals surface area contributed by atoms with Gasteiger partial charge >= 0.3 is 6.09 Å². The fourth-order valence-electron chi connectivity index (χ4n) is 2.06. The van der Waals surface area contributed by atoms with Crippen molar-refractivity contribution in [3.8, 4) is 0 Å². The number of hydrogen-bond donors (Lipinski definition) is 1. The standard InChI is InChI=1S/C14H19Cl2N3O3/c1-14(2,3)22-13(21)19-6-8(7-19)17-12(20)10-5-9(15)11(16)18(10)4/h5,8H,6-7H2,1-4H3,(H,17,20). The first kappa shape index (κ1) is 17.0. The molecule has 2 heterocycles. The number of aromatic nitrogens is 1. The molecule has 0 bridgehead atoms. The summed E-state index contributed by atoms with van der Waals surface area (Å²) >= 11 is 11.8. The number of likely N-dealkylation sites (tertiary alicyclic amines) is 1. The van der Waals surface area contributed by atoms with Gasteiger partial charge in [-0.1, -0.05) is 23.2 Å². The largest absolute Gasteiger partial charge is 0.444 e. The van der Waals surface area contributed by atoms with Crippen molar-refractivity contribution in [1.82, 2.24) is 14.8 Å². The van der Waals surface area contributed by atoms with Crippen LogP contribution in [0.15, 0.2) is 6.07 Å². The molecular weight excluding hydrogens is 329 g/mol. The van der Waals surface area contributed by atoms with Gasteiger partial charge in [-0.3, -0.25) is 4.79 Å². The van der Waals surface area contributed by atoms with Gasteiger partial charge in [-0.25, -0.2) is 4.79 Å². The Kier molecular flexibility index (Phi) is 4.63. The van der Waals surface area contributed by atoms with Crippen molar-refractivity contribution < 1.29 is 14.3 Å². The van der Waals surface area contributed by atoms with Crippen molar-refractivity contribution in [2.45, 2.75) is 32.4 Å². The summed E-state index contributed by atoms with van der Waals surface area (Å²) in [5, 5.41) is 3.48. The smallest absolute Gasteiger partial charge is 0.410 e. The van der Waals surface area contributed by atoms with E-state index in [0.29, 0.717) is 29.0 Å². The van der Waals surface area contributed by atoms with E-state index in [1.54, 1.807) is 11.9 Å². The van der Waals surface area contributed by atoms with Gasteiger partial charge < -0.3 is 19.5 Å². The van der Waals surface area contributed by atoms with Crippen molar-refractivity contribution >= 4 is 35.2 Å². The van der Waals surface area contributed by atoms with Crippen LogP contribution in [0.3, 0.4) is 0 Å². The molecular formula is C14H19Cl2N3O3. The summed E-state index contributed by atoms with van der Waals surface area (Å²) in [6.45, 7) is 6.28. The third-order valence-electron chi connectivity index (χ3n) is 3.22. The normalized spacial score (nSPS) is 15.5. The minimum Gasteiger partial charge on any atom is -0.444 e. The molecule has 0 radical (unpaired) electrons. The molecule has 2 rings (SSSR count). The molecule has 1 saturated heterocycles. The molecule has 2 amide bonds. The van der Waals surface area contributed by atoms with E-state index in [0.717, 1.165) is 0 Å². The molecule has 0 aromatic carbocycles. The zero-order chi connectivity index (χ0) is 16.7. The zero-order valence-electron chi connectivity index (χ0n) is 12.9. The van der Waals surface area contributed by atoms with E-state index in [2.05, 4.69) is 5.32 Å². The second-order valence-electron chi connectivity index (χ2n) is 6.28. The van der Waals surface area contributed by atoms with Crippen LogP contribution in [0.5, 0.6) is 0 Å². The molecule has 1 aromatic rings. The number of carbonyl (C=O) groups excluding carboxylic acids is 2. The van der Waals surface area contributed by atoms with Crippen LogP contribution >= 0.6 is 23.2 Å². The number of rotatable bonds is 2. The molecule has 0 atom stereocenters. The highest BCUT2D eigenvalue weighted by Gasteiger charge is 2.35. The van der Waals surface area contributed by atoms with Crippen LogP contribution in [-0.2, 0) is 11.8 Å². The summed E-state index contributed by atoms with van der Waals surface area (Å²) in [6, 6.07) is 1.41. The summed E-state index contributed by atoms with van der Waals surface area (Å²) in [7, 11) is 1.66. The maximum atomic E-state index is 12.2. The molecule has 122 valence electrons. The molecule has 6 nitrogen and oxygen atoms in total. The first-order chi connectivity index (χ1) is 10.1. The van der Waals surface area contributed by atoms with Crippen molar-refractivity contribution in [3.63, 3.8) is 0 Å². The quantitative estimate of drug-likeness (QED) is 0.894. The molecule has 22 heavy (non-hydrogen) atoms. The SMILES string of the molecule is Cn1c(C(=O)NC2CN(C(=O)OC(C)(C)C)C2)cc(Cl)c1Cl. The average molecular weight is 348 g/mol. The summed E-state index contributed by atoms with van der Waals surface area (Å²) in [4.78, 5) is 25.5. The number of nitrogens with zero attached hydrogens (tertiary/aromatic N) is 2. The third-order valence-corrected chi connectivity index (χ3v) is 4.06. The Hall–Kier alpha value is -1.40. The molecule has 0 saturated carbocycles. The van der Waals surface area contributed by atoms with Crippen molar-refractivity contribution in [2.24, 2.45) is 7.05 Å². The van der Waals surface area contributed by atoms with Crippen molar-refractivity contribution in [2.75, 3.05) is 13.1 Å². The van der Waals surface area contributed by atoms with Gasteiger partial charge in [0.25, 0.3) is 5.91 Å². The number of carbonyl (C=O) groups is 2. The van der Waals surface area contributed by atoms with Gasteiger partial charge in [0.05, 0.1) is 11.1 Å². The van der Waals surface area contributed by atoms with E-state index in [1.807, 2.05) is 20.8 Å². The summed E-state index contributed by atoms with van der Waals surface area (Å²) in [5.41, 5.74) is -0.146. The summed E-state index contributed by atoms with van der Waals surface area (Å²) in [6.07, 6.45) is -0.372. The Morgan fingerprint density at radius 2 is 1.91 bits per heavy atom. The Balaban J connectivity index is 1.86. The van der Waals surface area contributed by atoms with Crippen LogP contribution in [0, 0.1) is 0 Å². The fraction of sp³-hybridized carbons (Fsp3) is 0.571. The van der Waals surface area contributed by atoms with E-state index in [-0.39, 0.29) is 18.0 Å². The van der Waals surface area contributed by atoms with E-state index in [4.69, 9.17) is 27.9 Å². The fourth-order valence-corrected chi connectivity index (χ4v) is 2.44. The van der Waals surface area contributed by atoms with E-state index < -0.39 is 5.60 Å². The lowest BCUT2D eigenvalue weighted by Crippen LogP contribution is -2.61. The molecule has 1 aromatic heterocycles. The Morgan fingerprint density at radius 3 is 2.36 bits per heavy atom. The highest BCUT2D eigenvalue weighted by atomic mass is 35.5. The van der Waals surface area contributed by atoms with Crippen LogP contribution in [0.1, 0.15) is 31.3 Å². The van der Waals surface area contributed by atoms with Crippen molar-refractivity contribution in [3.05, 3.63) is 21.9 Å². The second kappa shape index (κ2) is 6.01. The maximum Gasteiger partial charge on any atom is 0.410 e. The van der Waals surface area contributed by atoms with E-state index in [9.17, 15) is 9.59 Å². The monoisotopic (exact) mass is 347 g/mol. The lowest BCUT2D eigenvalue weighted by molar-refractivity contribution is 0.00529. The maximum absolute atomic E-state index is 12.2. The average Bonchev–Trinajstić information content (AvgIpc) is 2.58. The van der Waals surface area contributed by atoms with Gasteiger partial charge in [0.1, 0.15) is 16.4 Å². The first-order valence-corrected chi connectivity index (χ1v) is 7.63. The van der Waals surface area contributed by atoms with Gasteiger partial charge in [0.15, 0.2) is 0 Å². The zero-order valence-corrected chi connectivity index (χ0v) is 14.5. The number of nitrogens with one attached hydrogen (secondary N) is 1. The molecule has 0 aliphatic carbocycles. The summed E-state index contributed by atoms with van der Waals surface area (Å²) in [5.74, 6) is -0.273. The molecule has 0 unspecified atom stereocenters. The molecule has 1 fully saturated rings. The predicted octanol–water partition coefficient (Wildman–Crippen LogP) is 2.68. The van der Waals surface area contributed by atoms with Crippen LogP contribution in [0.2, 0.25) is 10.2 Å². The molecule has 0 spiro atoms. The number of amides is 2. The van der Waals surface area contributed by atoms with Gasteiger partial charge in [-0.05, 0) is 26.8 Å². The Labute approximate surface area is 139 Å². The number of hydrogen-bond acceptors (Lipinski definition) is 3. The predicted molar refractivity (Wildman–Crippen MR) is 84.5 cm³/mol. The van der Waals surface area contributed by atoms with Gasteiger partial charge in [-0.15, -0.1) is 0 Å². The van der Waals surface area contributed by atoms with Crippen molar-refractivity contribution in [1.29, 1.82) is 0 Å². The highest BCUT2D eigenvalue weighted by Crippen LogP contribution is 2.25.